The second-order valence-corrected chi connectivity index (χ2v) is 6.60. The molecule has 8 heteroatoms. The molecule has 0 aliphatic heterocycles. The van der Waals surface area contributed by atoms with Crippen LogP contribution in [0.2, 0.25) is 0 Å². The number of hydrogen-bond acceptors (Lipinski definition) is 5. The highest BCUT2D eigenvalue weighted by Crippen LogP contribution is 2.30. The van der Waals surface area contributed by atoms with Gasteiger partial charge in [0.15, 0.2) is 0 Å². The summed E-state index contributed by atoms with van der Waals surface area (Å²) in [6.45, 7) is 5.71. The van der Waals surface area contributed by atoms with Gasteiger partial charge >= 0.3 is 0 Å². The minimum absolute atomic E-state index is 0.00377. The van der Waals surface area contributed by atoms with E-state index in [0.717, 1.165) is 16.8 Å². The highest BCUT2D eigenvalue weighted by Gasteiger charge is 2.14. The number of ether oxygens (including phenoxy) is 1. The SMILES string of the molecule is Cc1cc(C)cc(Oc2cc(NC(=O)Cn3ccc(C)n3)cc([N+](=O)[O-])c2)c1. The van der Waals surface area contributed by atoms with Gasteiger partial charge in [-0.2, -0.15) is 5.10 Å². The van der Waals surface area contributed by atoms with Crippen LogP contribution in [0.15, 0.2) is 48.7 Å². The number of nitrogens with zero attached hydrogens (tertiary/aromatic N) is 3. The Morgan fingerprint density at radius 1 is 1.11 bits per heavy atom. The van der Waals surface area contributed by atoms with Gasteiger partial charge in [-0.15, -0.1) is 0 Å². The van der Waals surface area contributed by atoms with Gasteiger partial charge in [0.05, 0.1) is 22.4 Å². The van der Waals surface area contributed by atoms with Gasteiger partial charge in [0.1, 0.15) is 18.0 Å². The Balaban J connectivity index is 1.82. The molecule has 2 aromatic carbocycles. The van der Waals surface area contributed by atoms with Crippen molar-refractivity contribution in [2.45, 2.75) is 27.3 Å². The molecule has 0 saturated heterocycles. The van der Waals surface area contributed by atoms with E-state index in [2.05, 4.69) is 10.4 Å². The van der Waals surface area contributed by atoms with Gasteiger partial charge in [0.25, 0.3) is 5.69 Å². The topological polar surface area (TPSA) is 99.3 Å². The third-order valence-electron chi connectivity index (χ3n) is 3.90. The molecule has 1 N–H and O–H groups in total. The summed E-state index contributed by atoms with van der Waals surface area (Å²) in [6, 6.07) is 11.6. The first-order valence-corrected chi connectivity index (χ1v) is 8.64. The molecule has 1 aromatic heterocycles. The number of non-ortho nitro benzene ring substituents is 1. The number of nitro benzene ring substituents is 1. The van der Waals surface area contributed by atoms with E-state index >= 15 is 0 Å². The van der Waals surface area contributed by atoms with Crippen LogP contribution in [0.3, 0.4) is 0 Å². The van der Waals surface area contributed by atoms with Crippen LogP contribution in [0, 0.1) is 30.9 Å². The third-order valence-corrected chi connectivity index (χ3v) is 3.90. The lowest BCUT2D eigenvalue weighted by atomic mass is 10.1. The van der Waals surface area contributed by atoms with Gasteiger partial charge in [-0.25, -0.2) is 0 Å². The van der Waals surface area contributed by atoms with E-state index in [0.29, 0.717) is 5.75 Å². The average molecular weight is 380 g/mol. The Bertz CT molecular complexity index is 1020. The molecule has 1 amide bonds. The first kappa shape index (κ1) is 19.1. The standard InChI is InChI=1S/C20H20N4O4/c1-13-6-14(2)8-18(7-13)28-19-10-16(9-17(11-19)24(26)27)21-20(25)12-23-5-4-15(3)22-23/h4-11H,12H2,1-3H3,(H,21,25). The molecule has 0 aliphatic carbocycles. The Hall–Kier alpha value is -3.68. The predicted octanol–water partition coefficient (Wildman–Crippen LogP) is 4.15. The monoisotopic (exact) mass is 380 g/mol. The molecule has 1 heterocycles. The Labute approximate surface area is 161 Å². The number of nitro groups is 1. The molecule has 0 unspecified atom stereocenters. The number of benzene rings is 2. The van der Waals surface area contributed by atoms with Gasteiger partial charge in [-0.1, -0.05) is 6.07 Å². The predicted molar refractivity (Wildman–Crippen MR) is 105 cm³/mol. The van der Waals surface area contributed by atoms with Crippen molar-refractivity contribution in [2.75, 3.05) is 5.32 Å². The molecule has 0 aliphatic rings. The number of nitrogens with one attached hydrogen (secondary N) is 1. The van der Waals surface area contributed by atoms with Gasteiger partial charge in [0, 0.05) is 18.3 Å². The van der Waals surface area contributed by atoms with Crippen molar-refractivity contribution >= 4 is 17.3 Å². The van der Waals surface area contributed by atoms with Crippen LogP contribution < -0.4 is 10.1 Å². The maximum atomic E-state index is 12.2. The first-order chi connectivity index (χ1) is 13.3. The van der Waals surface area contributed by atoms with E-state index in [1.807, 2.05) is 39.0 Å². The van der Waals surface area contributed by atoms with Gasteiger partial charge in [0.2, 0.25) is 5.91 Å². The maximum Gasteiger partial charge on any atom is 0.275 e. The molecular weight excluding hydrogens is 360 g/mol. The zero-order valence-corrected chi connectivity index (χ0v) is 15.8. The number of carbonyl (C=O) groups is 1. The quantitative estimate of drug-likeness (QED) is 0.512. The van der Waals surface area contributed by atoms with Crippen molar-refractivity contribution in [1.29, 1.82) is 0 Å². The number of amides is 1. The van der Waals surface area contributed by atoms with Crippen LogP contribution in [0.25, 0.3) is 0 Å². The molecule has 3 aromatic rings. The average Bonchev–Trinajstić information content (AvgIpc) is 2.98. The molecule has 0 atom stereocenters. The summed E-state index contributed by atoms with van der Waals surface area (Å²) in [5, 5.41) is 18.1. The van der Waals surface area contributed by atoms with Crippen molar-refractivity contribution in [1.82, 2.24) is 9.78 Å². The van der Waals surface area contributed by atoms with Gasteiger partial charge in [-0.05, 0) is 50.1 Å². The number of aromatic nitrogens is 2. The van der Waals surface area contributed by atoms with Crippen molar-refractivity contribution in [3.05, 3.63) is 75.6 Å². The molecule has 0 saturated carbocycles. The van der Waals surface area contributed by atoms with Crippen LogP contribution in [0.5, 0.6) is 11.5 Å². The summed E-state index contributed by atoms with van der Waals surface area (Å²) < 4.78 is 7.30. The van der Waals surface area contributed by atoms with Crippen LogP contribution in [-0.4, -0.2) is 20.6 Å². The van der Waals surface area contributed by atoms with Crippen molar-refractivity contribution in [3.8, 4) is 11.5 Å². The number of hydrogen-bond donors (Lipinski definition) is 1. The zero-order chi connectivity index (χ0) is 20.3. The minimum Gasteiger partial charge on any atom is -0.457 e. The second kappa shape index (κ2) is 7.91. The van der Waals surface area contributed by atoms with Crippen LogP contribution >= 0.6 is 0 Å². The lowest BCUT2D eigenvalue weighted by Crippen LogP contribution is -2.19. The molecule has 0 bridgehead atoms. The van der Waals surface area contributed by atoms with E-state index in [9.17, 15) is 14.9 Å². The number of rotatable bonds is 6. The summed E-state index contributed by atoms with van der Waals surface area (Å²) in [4.78, 5) is 23.0. The number of aryl methyl sites for hydroxylation is 3. The Morgan fingerprint density at radius 2 is 1.79 bits per heavy atom. The second-order valence-electron chi connectivity index (χ2n) is 6.60. The van der Waals surface area contributed by atoms with E-state index in [1.165, 1.54) is 16.8 Å². The molecule has 8 nitrogen and oxygen atoms in total. The third kappa shape index (κ3) is 4.94. The van der Waals surface area contributed by atoms with E-state index in [-0.39, 0.29) is 29.6 Å². The smallest absolute Gasteiger partial charge is 0.275 e. The van der Waals surface area contributed by atoms with E-state index in [4.69, 9.17) is 4.74 Å². The fourth-order valence-corrected chi connectivity index (χ4v) is 2.85. The van der Waals surface area contributed by atoms with E-state index in [1.54, 1.807) is 18.3 Å². The molecule has 0 spiro atoms. The van der Waals surface area contributed by atoms with Gasteiger partial charge < -0.3 is 10.1 Å². The first-order valence-electron chi connectivity index (χ1n) is 8.64. The summed E-state index contributed by atoms with van der Waals surface area (Å²) in [5.41, 5.74) is 2.94. The van der Waals surface area contributed by atoms with Crippen molar-refractivity contribution in [2.24, 2.45) is 0 Å². The lowest BCUT2D eigenvalue weighted by Gasteiger charge is -2.11. The molecule has 28 heavy (non-hydrogen) atoms. The van der Waals surface area contributed by atoms with Crippen LogP contribution in [0.1, 0.15) is 16.8 Å². The maximum absolute atomic E-state index is 12.2. The summed E-state index contributed by atoms with van der Waals surface area (Å²) in [6.07, 6.45) is 1.69. The van der Waals surface area contributed by atoms with Crippen LogP contribution in [0.4, 0.5) is 11.4 Å². The van der Waals surface area contributed by atoms with Crippen LogP contribution in [-0.2, 0) is 11.3 Å². The largest absolute Gasteiger partial charge is 0.457 e. The van der Waals surface area contributed by atoms with Gasteiger partial charge in [-0.3, -0.25) is 19.6 Å². The molecule has 3 rings (SSSR count). The van der Waals surface area contributed by atoms with Crippen molar-refractivity contribution < 1.29 is 14.5 Å². The molecule has 144 valence electrons. The number of anilines is 1. The Morgan fingerprint density at radius 3 is 2.39 bits per heavy atom. The van der Waals surface area contributed by atoms with E-state index < -0.39 is 4.92 Å². The number of carbonyl (C=O) groups excluding carboxylic acids is 1. The summed E-state index contributed by atoms with van der Waals surface area (Å²) >= 11 is 0. The molecular formula is C20H20N4O4. The lowest BCUT2D eigenvalue weighted by molar-refractivity contribution is -0.384. The van der Waals surface area contributed by atoms with Crippen molar-refractivity contribution in [3.63, 3.8) is 0 Å². The Kier molecular flexibility index (Phi) is 5.39. The summed E-state index contributed by atoms with van der Waals surface area (Å²) in [7, 11) is 0. The normalized spacial score (nSPS) is 10.5. The molecule has 0 fully saturated rings. The molecule has 0 radical (unpaired) electrons. The minimum atomic E-state index is -0.527. The fraction of sp³-hybridized carbons (Fsp3) is 0.200. The highest BCUT2D eigenvalue weighted by molar-refractivity contribution is 5.91. The summed E-state index contributed by atoms with van der Waals surface area (Å²) in [5.74, 6) is 0.493. The fourth-order valence-electron chi connectivity index (χ4n) is 2.85. The zero-order valence-electron chi connectivity index (χ0n) is 15.8. The highest BCUT2D eigenvalue weighted by atomic mass is 16.6.